The Morgan fingerprint density at radius 3 is 2.00 bits per heavy atom. The lowest BCUT2D eigenvalue weighted by Crippen LogP contribution is -2.56. The van der Waals surface area contributed by atoms with Gasteiger partial charge in [-0.3, -0.25) is 13.9 Å². The van der Waals surface area contributed by atoms with E-state index in [1.807, 2.05) is 77.1 Å². The molecule has 1 unspecified atom stereocenters. The lowest BCUT2D eigenvalue weighted by atomic mass is 10.0. The molecule has 0 fully saturated rings. The van der Waals surface area contributed by atoms with Crippen LogP contribution >= 0.6 is 23.2 Å². The molecule has 0 saturated heterocycles. The van der Waals surface area contributed by atoms with Crippen LogP contribution in [0.5, 0.6) is 0 Å². The number of anilines is 1. The molecule has 4 aromatic rings. The standard InChI is InChI=1S/C37H41Cl2N3O4S/c1-25-16-19-29(20-17-25)47(45,46)42(33-21-26(2)15-18-27(33)3)24-35(43)41(23-30-31(38)13-10-14-32(30)39)34(36(44)40-37(4,5)6)22-28-11-8-7-9-12-28/h7-21,34H,22-24H2,1-6H3,(H,40,44). The van der Waals surface area contributed by atoms with Crippen molar-refractivity contribution in [3.8, 4) is 0 Å². The summed E-state index contributed by atoms with van der Waals surface area (Å²) in [5, 5.41) is 3.67. The molecule has 7 nitrogen and oxygen atoms in total. The minimum Gasteiger partial charge on any atom is -0.350 e. The monoisotopic (exact) mass is 693 g/mol. The highest BCUT2D eigenvalue weighted by Crippen LogP contribution is 2.31. The normalized spacial score (nSPS) is 12.3. The summed E-state index contributed by atoms with van der Waals surface area (Å²) in [4.78, 5) is 30.2. The van der Waals surface area contributed by atoms with Gasteiger partial charge in [-0.1, -0.05) is 89.4 Å². The van der Waals surface area contributed by atoms with Crippen LogP contribution in [0.3, 0.4) is 0 Å². The molecule has 248 valence electrons. The van der Waals surface area contributed by atoms with Crippen molar-refractivity contribution in [3.05, 3.63) is 129 Å². The molecule has 1 N–H and O–H groups in total. The van der Waals surface area contributed by atoms with Crippen molar-refractivity contribution in [2.45, 2.75) is 71.0 Å². The third-order valence-corrected chi connectivity index (χ3v) is 10.2. The van der Waals surface area contributed by atoms with Gasteiger partial charge in [-0.2, -0.15) is 0 Å². The average Bonchev–Trinajstić information content (AvgIpc) is 3.00. The predicted molar refractivity (Wildman–Crippen MR) is 190 cm³/mol. The largest absolute Gasteiger partial charge is 0.350 e. The Hall–Kier alpha value is -3.85. The van der Waals surface area contributed by atoms with Crippen LogP contribution in [0.1, 0.15) is 48.6 Å². The van der Waals surface area contributed by atoms with E-state index in [2.05, 4.69) is 5.32 Å². The molecule has 10 heteroatoms. The number of carbonyl (C=O) groups excluding carboxylic acids is 2. The summed E-state index contributed by atoms with van der Waals surface area (Å²) >= 11 is 13.2. The third kappa shape index (κ3) is 9.15. The van der Waals surface area contributed by atoms with E-state index in [0.717, 1.165) is 21.0 Å². The van der Waals surface area contributed by atoms with Gasteiger partial charge in [0.1, 0.15) is 12.6 Å². The Balaban J connectivity index is 1.88. The van der Waals surface area contributed by atoms with Crippen LogP contribution < -0.4 is 9.62 Å². The third-order valence-electron chi connectivity index (χ3n) is 7.68. The highest BCUT2D eigenvalue weighted by atomic mass is 35.5. The lowest BCUT2D eigenvalue weighted by Gasteiger charge is -2.36. The number of nitrogens with zero attached hydrogens (tertiary/aromatic N) is 2. The first-order valence-corrected chi connectivity index (χ1v) is 17.5. The van der Waals surface area contributed by atoms with Gasteiger partial charge in [-0.25, -0.2) is 8.42 Å². The van der Waals surface area contributed by atoms with Crippen molar-refractivity contribution in [1.82, 2.24) is 10.2 Å². The minimum atomic E-state index is -4.23. The van der Waals surface area contributed by atoms with Crippen molar-refractivity contribution in [2.75, 3.05) is 10.8 Å². The predicted octanol–water partition coefficient (Wildman–Crippen LogP) is 7.67. The number of hydrogen-bond donors (Lipinski definition) is 1. The second kappa shape index (κ2) is 14.9. The lowest BCUT2D eigenvalue weighted by molar-refractivity contribution is -0.140. The summed E-state index contributed by atoms with van der Waals surface area (Å²) < 4.78 is 29.8. The Labute approximate surface area is 288 Å². The SMILES string of the molecule is Cc1ccc(S(=O)(=O)N(CC(=O)N(Cc2c(Cl)cccc2Cl)C(Cc2ccccc2)C(=O)NC(C)(C)C)c2cc(C)ccc2C)cc1. The van der Waals surface area contributed by atoms with Crippen LogP contribution in [0.15, 0.2) is 95.9 Å². The van der Waals surface area contributed by atoms with Crippen LogP contribution in [0.25, 0.3) is 0 Å². The summed E-state index contributed by atoms with van der Waals surface area (Å²) in [7, 11) is -4.23. The van der Waals surface area contributed by atoms with E-state index in [-0.39, 0.29) is 17.9 Å². The maximum Gasteiger partial charge on any atom is 0.264 e. The summed E-state index contributed by atoms with van der Waals surface area (Å²) in [5.74, 6) is -0.986. The number of amides is 2. The maximum absolute atomic E-state index is 14.7. The molecule has 0 heterocycles. The van der Waals surface area contributed by atoms with Gasteiger partial charge < -0.3 is 10.2 Å². The fourth-order valence-corrected chi connectivity index (χ4v) is 7.19. The Morgan fingerprint density at radius 1 is 0.809 bits per heavy atom. The second-order valence-corrected chi connectivity index (χ2v) is 15.5. The molecule has 47 heavy (non-hydrogen) atoms. The van der Waals surface area contributed by atoms with Crippen LogP contribution in [-0.4, -0.2) is 43.3 Å². The molecule has 0 aliphatic rings. The van der Waals surface area contributed by atoms with E-state index in [1.54, 1.807) is 43.3 Å². The first-order valence-electron chi connectivity index (χ1n) is 15.3. The van der Waals surface area contributed by atoms with E-state index in [4.69, 9.17) is 23.2 Å². The number of sulfonamides is 1. The zero-order valence-electron chi connectivity index (χ0n) is 27.6. The summed E-state index contributed by atoms with van der Waals surface area (Å²) in [5.41, 5.74) is 3.43. The minimum absolute atomic E-state index is 0.0452. The van der Waals surface area contributed by atoms with Gasteiger partial charge >= 0.3 is 0 Å². The van der Waals surface area contributed by atoms with Crippen molar-refractivity contribution < 1.29 is 18.0 Å². The van der Waals surface area contributed by atoms with E-state index < -0.39 is 40.0 Å². The molecule has 0 saturated carbocycles. The molecule has 0 spiro atoms. The van der Waals surface area contributed by atoms with E-state index >= 15 is 0 Å². The van der Waals surface area contributed by atoms with Crippen molar-refractivity contribution in [3.63, 3.8) is 0 Å². The summed E-state index contributed by atoms with van der Waals surface area (Å²) in [6, 6.07) is 25.3. The van der Waals surface area contributed by atoms with E-state index in [9.17, 15) is 18.0 Å². The van der Waals surface area contributed by atoms with Gasteiger partial charge in [0.05, 0.1) is 10.6 Å². The molecular formula is C37H41Cl2N3O4S. The van der Waals surface area contributed by atoms with Gasteiger partial charge in [0.15, 0.2) is 0 Å². The van der Waals surface area contributed by atoms with Crippen LogP contribution in [0, 0.1) is 20.8 Å². The number of halogens is 2. The topological polar surface area (TPSA) is 86.8 Å². The highest BCUT2D eigenvalue weighted by Gasteiger charge is 2.36. The maximum atomic E-state index is 14.7. The number of hydrogen-bond acceptors (Lipinski definition) is 4. The average molecular weight is 695 g/mol. The highest BCUT2D eigenvalue weighted by molar-refractivity contribution is 7.92. The van der Waals surface area contributed by atoms with Gasteiger partial charge in [-0.15, -0.1) is 0 Å². The van der Waals surface area contributed by atoms with Crippen molar-refractivity contribution in [2.24, 2.45) is 0 Å². The fraction of sp³-hybridized carbons (Fsp3) is 0.297. The molecule has 4 aromatic carbocycles. The van der Waals surface area contributed by atoms with Gasteiger partial charge in [0.2, 0.25) is 11.8 Å². The molecule has 1 atom stereocenters. The second-order valence-electron chi connectivity index (χ2n) is 12.8. The fourth-order valence-electron chi connectivity index (χ4n) is 5.20. The molecule has 0 aliphatic heterocycles. The zero-order chi connectivity index (χ0) is 34.5. The van der Waals surface area contributed by atoms with Crippen molar-refractivity contribution in [1.29, 1.82) is 0 Å². The Kier molecular flexibility index (Phi) is 11.4. The molecule has 0 aromatic heterocycles. The van der Waals surface area contributed by atoms with E-state index in [1.165, 1.54) is 17.0 Å². The molecule has 0 radical (unpaired) electrons. The quantitative estimate of drug-likeness (QED) is 0.175. The summed E-state index contributed by atoms with van der Waals surface area (Å²) in [6.07, 6.45) is 0.171. The number of benzene rings is 4. The smallest absolute Gasteiger partial charge is 0.264 e. The molecule has 2 amide bonds. The molecule has 4 rings (SSSR count). The van der Waals surface area contributed by atoms with Gasteiger partial charge in [-0.05, 0) is 88.6 Å². The zero-order valence-corrected chi connectivity index (χ0v) is 29.9. The summed E-state index contributed by atoms with van der Waals surface area (Å²) in [6.45, 7) is 10.4. The van der Waals surface area contributed by atoms with Gasteiger partial charge in [0.25, 0.3) is 10.0 Å². The van der Waals surface area contributed by atoms with Crippen LogP contribution in [0.4, 0.5) is 5.69 Å². The number of carbonyl (C=O) groups is 2. The van der Waals surface area contributed by atoms with E-state index in [0.29, 0.717) is 26.9 Å². The number of aryl methyl sites for hydroxylation is 3. The Bertz CT molecular complexity index is 1820. The van der Waals surface area contributed by atoms with Crippen LogP contribution in [0.2, 0.25) is 10.0 Å². The molecule has 0 bridgehead atoms. The first kappa shape index (κ1) is 36.0. The number of rotatable bonds is 11. The molecular weight excluding hydrogens is 653 g/mol. The Morgan fingerprint density at radius 2 is 1.40 bits per heavy atom. The van der Waals surface area contributed by atoms with Gasteiger partial charge in [0, 0.05) is 34.1 Å². The van der Waals surface area contributed by atoms with Crippen molar-refractivity contribution >= 4 is 50.7 Å². The van der Waals surface area contributed by atoms with Crippen LogP contribution in [-0.2, 0) is 32.6 Å². The number of nitrogens with one attached hydrogen (secondary N) is 1. The first-order chi connectivity index (χ1) is 22.1. The molecule has 0 aliphatic carbocycles.